The van der Waals surface area contributed by atoms with Crippen molar-refractivity contribution in [3.63, 3.8) is 0 Å². The Morgan fingerprint density at radius 1 is 1.38 bits per heavy atom. The second-order valence-corrected chi connectivity index (χ2v) is 6.65. The number of hydrogen-bond acceptors (Lipinski definition) is 4. The highest BCUT2D eigenvalue weighted by molar-refractivity contribution is 6.31. The maximum absolute atomic E-state index is 12.0. The molecule has 128 valence electrons. The fourth-order valence-electron chi connectivity index (χ4n) is 2.87. The summed E-state index contributed by atoms with van der Waals surface area (Å²) in [5.41, 5.74) is 1.12. The Bertz CT molecular complexity index is 701. The summed E-state index contributed by atoms with van der Waals surface area (Å²) in [4.78, 5) is 16.3. The van der Waals surface area contributed by atoms with Gasteiger partial charge in [-0.05, 0) is 30.9 Å². The smallest absolute Gasteiger partial charge is 0.226 e. The van der Waals surface area contributed by atoms with Gasteiger partial charge in [0.25, 0.3) is 0 Å². The zero-order chi connectivity index (χ0) is 16.9. The summed E-state index contributed by atoms with van der Waals surface area (Å²) in [5, 5.41) is 7.77. The predicted molar refractivity (Wildman–Crippen MR) is 92.0 cm³/mol. The minimum absolute atomic E-state index is 0.0721. The van der Waals surface area contributed by atoms with Gasteiger partial charge in [-0.3, -0.25) is 4.79 Å². The van der Waals surface area contributed by atoms with E-state index in [1.807, 2.05) is 24.3 Å². The van der Waals surface area contributed by atoms with E-state index < -0.39 is 0 Å². The maximum Gasteiger partial charge on any atom is 0.226 e. The fraction of sp³-hybridized carbons (Fsp3) is 0.500. The van der Waals surface area contributed by atoms with Gasteiger partial charge in [0.15, 0.2) is 5.82 Å². The molecule has 1 aromatic carbocycles. The molecule has 3 rings (SSSR count). The quantitative estimate of drug-likeness (QED) is 0.791. The van der Waals surface area contributed by atoms with Crippen molar-refractivity contribution in [1.29, 1.82) is 0 Å². The summed E-state index contributed by atoms with van der Waals surface area (Å²) < 4.78 is 5.17. The molecule has 1 heterocycles. The Morgan fingerprint density at radius 2 is 2.21 bits per heavy atom. The third kappa shape index (κ3) is 4.35. The minimum atomic E-state index is 0.0721. The van der Waals surface area contributed by atoms with Gasteiger partial charge in [0.05, 0.1) is 0 Å². The van der Waals surface area contributed by atoms with E-state index in [4.69, 9.17) is 16.1 Å². The van der Waals surface area contributed by atoms with Crippen LogP contribution in [0.5, 0.6) is 0 Å². The zero-order valence-electron chi connectivity index (χ0n) is 13.8. The van der Waals surface area contributed by atoms with Crippen molar-refractivity contribution in [3.05, 3.63) is 46.6 Å². The molecule has 2 unspecified atom stereocenters. The molecule has 2 aromatic rings. The number of hydrogen-bond donors (Lipinski definition) is 1. The van der Waals surface area contributed by atoms with Gasteiger partial charge in [-0.15, -0.1) is 0 Å². The van der Waals surface area contributed by atoms with E-state index in [2.05, 4.69) is 22.4 Å². The van der Waals surface area contributed by atoms with Crippen molar-refractivity contribution in [2.24, 2.45) is 0 Å². The van der Waals surface area contributed by atoms with Crippen LogP contribution in [0.3, 0.4) is 0 Å². The molecular weight excluding hydrogens is 326 g/mol. The van der Waals surface area contributed by atoms with Crippen molar-refractivity contribution < 1.29 is 9.32 Å². The summed E-state index contributed by atoms with van der Waals surface area (Å²) in [7, 11) is 0. The second-order valence-electron chi connectivity index (χ2n) is 6.25. The van der Waals surface area contributed by atoms with Crippen LogP contribution in [-0.4, -0.2) is 22.1 Å². The van der Waals surface area contributed by atoms with Crippen molar-refractivity contribution >= 4 is 17.5 Å². The van der Waals surface area contributed by atoms with Gasteiger partial charge in [-0.1, -0.05) is 41.9 Å². The zero-order valence-corrected chi connectivity index (χ0v) is 14.6. The van der Waals surface area contributed by atoms with Crippen LogP contribution in [0.1, 0.15) is 55.8 Å². The molecule has 1 fully saturated rings. The lowest BCUT2D eigenvalue weighted by molar-refractivity contribution is -0.121. The van der Waals surface area contributed by atoms with Gasteiger partial charge >= 0.3 is 0 Å². The first-order valence-corrected chi connectivity index (χ1v) is 8.90. The minimum Gasteiger partial charge on any atom is -0.353 e. The Balaban J connectivity index is 1.38. The third-order valence-electron chi connectivity index (χ3n) is 4.22. The molecule has 2 atom stereocenters. The van der Waals surface area contributed by atoms with Crippen LogP contribution in [0.25, 0.3) is 0 Å². The summed E-state index contributed by atoms with van der Waals surface area (Å²) >= 11 is 6.20. The topological polar surface area (TPSA) is 68.0 Å². The highest BCUT2D eigenvalue weighted by Gasteiger charge is 2.40. The van der Waals surface area contributed by atoms with E-state index >= 15 is 0 Å². The van der Waals surface area contributed by atoms with Crippen LogP contribution < -0.4 is 5.32 Å². The lowest BCUT2D eigenvalue weighted by Gasteiger charge is -2.05. The summed E-state index contributed by atoms with van der Waals surface area (Å²) in [5.74, 6) is 1.78. The Hall–Kier alpha value is -1.88. The third-order valence-corrected chi connectivity index (χ3v) is 4.56. The molecule has 1 saturated carbocycles. The Labute approximate surface area is 146 Å². The van der Waals surface area contributed by atoms with Crippen LogP contribution >= 0.6 is 11.6 Å². The number of aryl methyl sites for hydroxylation is 2. The molecule has 0 spiro atoms. The number of carbonyl (C=O) groups excluding carboxylic acids is 1. The number of halogens is 1. The average molecular weight is 348 g/mol. The summed E-state index contributed by atoms with van der Waals surface area (Å²) in [6.45, 7) is 2.08. The van der Waals surface area contributed by atoms with Gasteiger partial charge in [-0.25, -0.2) is 0 Å². The van der Waals surface area contributed by atoms with Gasteiger partial charge in [0, 0.05) is 36.2 Å². The molecular formula is C18H22ClN3O2. The van der Waals surface area contributed by atoms with Gasteiger partial charge in [-0.2, -0.15) is 4.98 Å². The number of carbonyl (C=O) groups is 1. The van der Waals surface area contributed by atoms with E-state index in [0.717, 1.165) is 35.7 Å². The van der Waals surface area contributed by atoms with E-state index in [9.17, 15) is 4.79 Å². The molecule has 6 heteroatoms. The molecule has 0 aliphatic heterocycles. The number of benzene rings is 1. The highest BCUT2D eigenvalue weighted by Crippen LogP contribution is 2.43. The van der Waals surface area contributed by atoms with E-state index in [1.54, 1.807) is 0 Å². The van der Waals surface area contributed by atoms with Crippen LogP contribution in [0, 0.1) is 0 Å². The molecule has 1 aliphatic carbocycles. The standard InChI is InChI=1S/C18H22ClN3O2/c1-2-6-16-21-18(24-22-16)10-5-9-17(23)20-15-11-13(15)12-7-3-4-8-14(12)19/h3-4,7-8,13,15H,2,5-6,9-11H2,1H3,(H,20,23). The van der Waals surface area contributed by atoms with Crippen LogP contribution in [-0.2, 0) is 17.6 Å². The first-order valence-electron chi connectivity index (χ1n) is 8.52. The van der Waals surface area contributed by atoms with E-state index in [0.29, 0.717) is 31.1 Å². The van der Waals surface area contributed by atoms with E-state index in [-0.39, 0.29) is 11.9 Å². The monoisotopic (exact) mass is 347 g/mol. The largest absolute Gasteiger partial charge is 0.353 e. The summed E-state index contributed by atoms with van der Waals surface area (Å²) in [6, 6.07) is 8.03. The van der Waals surface area contributed by atoms with Crippen LogP contribution in [0.15, 0.2) is 28.8 Å². The van der Waals surface area contributed by atoms with E-state index in [1.165, 1.54) is 0 Å². The van der Waals surface area contributed by atoms with Crippen molar-refractivity contribution in [2.45, 2.75) is 57.4 Å². The van der Waals surface area contributed by atoms with Gasteiger partial charge in [0.2, 0.25) is 11.8 Å². The lowest BCUT2D eigenvalue weighted by atomic mass is 10.1. The molecule has 0 bridgehead atoms. The van der Waals surface area contributed by atoms with Crippen molar-refractivity contribution in [3.8, 4) is 0 Å². The molecule has 0 radical (unpaired) electrons. The Morgan fingerprint density at radius 3 is 3.00 bits per heavy atom. The van der Waals surface area contributed by atoms with Gasteiger partial charge in [0.1, 0.15) is 0 Å². The summed E-state index contributed by atoms with van der Waals surface area (Å²) in [6.07, 6.45) is 4.60. The van der Waals surface area contributed by atoms with Crippen molar-refractivity contribution in [2.75, 3.05) is 0 Å². The normalized spacial score (nSPS) is 19.2. The van der Waals surface area contributed by atoms with Crippen LogP contribution in [0.2, 0.25) is 5.02 Å². The number of rotatable bonds is 8. The maximum atomic E-state index is 12.0. The first kappa shape index (κ1) is 17.0. The molecule has 5 nitrogen and oxygen atoms in total. The van der Waals surface area contributed by atoms with Gasteiger partial charge < -0.3 is 9.84 Å². The number of amides is 1. The predicted octanol–water partition coefficient (Wildman–Crippen LogP) is 3.67. The lowest BCUT2D eigenvalue weighted by Crippen LogP contribution is -2.26. The molecule has 0 saturated heterocycles. The van der Waals surface area contributed by atoms with Crippen LogP contribution in [0.4, 0.5) is 0 Å². The van der Waals surface area contributed by atoms with Crippen molar-refractivity contribution in [1.82, 2.24) is 15.5 Å². The number of aromatic nitrogens is 2. The molecule has 1 aromatic heterocycles. The highest BCUT2D eigenvalue weighted by atomic mass is 35.5. The molecule has 1 amide bonds. The second kappa shape index (κ2) is 7.79. The SMILES string of the molecule is CCCc1noc(CCCC(=O)NC2CC2c2ccccc2Cl)n1. The Kier molecular flexibility index (Phi) is 5.51. The molecule has 24 heavy (non-hydrogen) atoms. The molecule has 1 N–H and O–H groups in total. The number of nitrogens with one attached hydrogen (secondary N) is 1. The number of nitrogens with zero attached hydrogens (tertiary/aromatic N) is 2. The first-order chi connectivity index (χ1) is 11.7. The fourth-order valence-corrected chi connectivity index (χ4v) is 3.15. The average Bonchev–Trinajstić information content (AvgIpc) is 3.16. The molecule has 1 aliphatic rings.